The molecule has 0 spiro atoms. The Kier molecular flexibility index (Phi) is 6.80. The highest BCUT2D eigenvalue weighted by Crippen LogP contribution is 2.28. The quantitative estimate of drug-likeness (QED) is 0.307. The molecule has 0 aliphatic rings. The molecule has 158 valence electrons. The lowest BCUT2D eigenvalue weighted by atomic mass is 10.2. The smallest absolute Gasteiger partial charge is 0.279 e. The van der Waals surface area contributed by atoms with Crippen LogP contribution in [0.25, 0.3) is 10.2 Å². The lowest BCUT2D eigenvalue weighted by Crippen LogP contribution is -2.19. The topological polar surface area (TPSA) is 105 Å². The van der Waals surface area contributed by atoms with Crippen molar-refractivity contribution < 1.29 is 23.9 Å². The Morgan fingerprint density at radius 3 is 2.60 bits per heavy atom. The summed E-state index contributed by atoms with van der Waals surface area (Å²) in [6.45, 7) is 3.34. The van der Waals surface area contributed by atoms with Crippen LogP contribution in [0.2, 0.25) is 0 Å². The summed E-state index contributed by atoms with van der Waals surface area (Å²) >= 11 is 1.21. The van der Waals surface area contributed by atoms with E-state index in [9.17, 15) is 14.9 Å². The summed E-state index contributed by atoms with van der Waals surface area (Å²) in [5.74, 6) is 0.479. The number of non-ortho nitro benzene ring substituents is 1. The van der Waals surface area contributed by atoms with Gasteiger partial charge < -0.3 is 18.8 Å². The van der Waals surface area contributed by atoms with Crippen LogP contribution in [0, 0.1) is 10.1 Å². The van der Waals surface area contributed by atoms with Gasteiger partial charge in [0.1, 0.15) is 0 Å². The molecule has 0 unspecified atom stereocenters. The summed E-state index contributed by atoms with van der Waals surface area (Å²) in [5.41, 5.74) is 1.08. The van der Waals surface area contributed by atoms with E-state index >= 15 is 0 Å². The third-order valence-electron chi connectivity index (χ3n) is 4.37. The molecule has 0 radical (unpaired) electrons. The van der Waals surface area contributed by atoms with E-state index in [4.69, 9.17) is 14.2 Å². The highest BCUT2D eigenvalue weighted by atomic mass is 32.1. The van der Waals surface area contributed by atoms with Crippen LogP contribution in [0.5, 0.6) is 11.5 Å². The SMILES string of the molecule is CCOCCn1c(=NC(=O)c2ccc(OC)c(OC)c2)sc2cc([N+](=O)[O-])ccc21. The molecule has 3 aromatic rings. The average molecular weight is 431 g/mol. The third kappa shape index (κ3) is 4.50. The second-order valence-electron chi connectivity index (χ2n) is 6.13. The molecule has 1 heterocycles. The van der Waals surface area contributed by atoms with E-state index in [1.807, 2.05) is 11.5 Å². The zero-order valence-electron chi connectivity index (χ0n) is 16.8. The Morgan fingerprint density at radius 2 is 1.93 bits per heavy atom. The number of ether oxygens (including phenoxy) is 3. The van der Waals surface area contributed by atoms with Crippen molar-refractivity contribution in [3.8, 4) is 11.5 Å². The number of hydrogen-bond acceptors (Lipinski definition) is 7. The van der Waals surface area contributed by atoms with E-state index in [1.54, 1.807) is 24.3 Å². The number of benzene rings is 2. The van der Waals surface area contributed by atoms with Gasteiger partial charge in [-0.2, -0.15) is 4.99 Å². The highest BCUT2D eigenvalue weighted by Gasteiger charge is 2.14. The summed E-state index contributed by atoms with van der Waals surface area (Å²) in [7, 11) is 3.01. The van der Waals surface area contributed by atoms with Crippen LogP contribution in [-0.4, -0.2) is 42.8 Å². The van der Waals surface area contributed by atoms with Crippen molar-refractivity contribution in [2.24, 2.45) is 4.99 Å². The molecule has 0 bridgehead atoms. The number of carbonyl (C=O) groups is 1. The van der Waals surface area contributed by atoms with Crippen molar-refractivity contribution in [1.82, 2.24) is 4.57 Å². The van der Waals surface area contributed by atoms with Crippen molar-refractivity contribution in [3.05, 3.63) is 56.9 Å². The van der Waals surface area contributed by atoms with Gasteiger partial charge in [0.25, 0.3) is 11.6 Å². The molecule has 9 nitrogen and oxygen atoms in total. The fourth-order valence-electron chi connectivity index (χ4n) is 2.90. The van der Waals surface area contributed by atoms with Crippen LogP contribution in [0.4, 0.5) is 5.69 Å². The molecule has 0 saturated heterocycles. The first-order valence-electron chi connectivity index (χ1n) is 9.15. The van der Waals surface area contributed by atoms with Crippen molar-refractivity contribution in [2.75, 3.05) is 27.4 Å². The number of hydrogen-bond donors (Lipinski definition) is 0. The second kappa shape index (κ2) is 9.51. The van der Waals surface area contributed by atoms with Crippen LogP contribution < -0.4 is 14.3 Å². The number of aromatic nitrogens is 1. The Balaban J connectivity index is 2.08. The number of nitro benzene ring substituents is 1. The summed E-state index contributed by atoms with van der Waals surface area (Å²) in [4.78, 5) is 28.2. The first-order valence-corrected chi connectivity index (χ1v) is 9.96. The van der Waals surface area contributed by atoms with Gasteiger partial charge in [-0.15, -0.1) is 0 Å². The maximum Gasteiger partial charge on any atom is 0.279 e. The monoisotopic (exact) mass is 431 g/mol. The van der Waals surface area contributed by atoms with Crippen LogP contribution >= 0.6 is 11.3 Å². The van der Waals surface area contributed by atoms with Gasteiger partial charge in [-0.1, -0.05) is 11.3 Å². The highest BCUT2D eigenvalue weighted by molar-refractivity contribution is 7.16. The van der Waals surface area contributed by atoms with E-state index in [0.29, 0.717) is 46.3 Å². The summed E-state index contributed by atoms with van der Waals surface area (Å²) in [5, 5.41) is 11.1. The van der Waals surface area contributed by atoms with E-state index in [1.165, 1.54) is 37.7 Å². The van der Waals surface area contributed by atoms with Crippen LogP contribution in [0.1, 0.15) is 17.3 Å². The number of rotatable bonds is 8. The largest absolute Gasteiger partial charge is 0.493 e. The number of carbonyl (C=O) groups excluding carboxylic acids is 1. The Morgan fingerprint density at radius 1 is 1.17 bits per heavy atom. The molecule has 0 aliphatic carbocycles. The van der Waals surface area contributed by atoms with Gasteiger partial charge in [0.05, 0.1) is 36.0 Å². The van der Waals surface area contributed by atoms with Crippen LogP contribution in [0.15, 0.2) is 41.4 Å². The molecule has 1 amide bonds. The van der Waals surface area contributed by atoms with Gasteiger partial charge in [0.15, 0.2) is 16.3 Å². The van der Waals surface area contributed by atoms with Gasteiger partial charge in [-0.05, 0) is 31.2 Å². The lowest BCUT2D eigenvalue weighted by molar-refractivity contribution is -0.384. The number of amides is 1. The van der Waals surface area contributed by atoms with Crippen LogP contribution in [0.3, 0.4) is 0 Å². The summed E-state index contributed by atoms with van der Waals surface area (Å²) < 4.78 is 18.4. The summed E-state index contributed by atoms with van der Waals surface area (Å²) in [6, 6.07) is 9.39. The molecule has 0 aliphatic heterocycles. The molecule has 0 saturated carbocycles. The van der Waals surface area contributed by atoms with Gasteiger partial charge in [-0.25, -0.2) is 0 Å². The number of thiazole rings is 1. The normalized spacial score (nSPS) is 11.6. The minimum absolute atomic E-state index is 0.0153. The van der Waals surface area contributed by atoms with Crippen molar-refractivity contribution in [3.63, 3.8) is 0 Å². The molecule has 0 N–H and O–H groups in total. The van der Waals surface area contributed by atoms with E-state index in [0.717, 1.165) is 5.52 Å². The fourth-order valence-corrected chi connectivity index (χ4v) is 3.99. The van der Waals surface area contributed by atoms with Gasteiger partial charge >= 0.3 is 0 Å². The van der Waals surface area contributed by atoms with Crippen molar-refractivity contribution in [1.29, 1.82) is 0 Å². The minimum atomic E-state index is -0.456. The fraction of sp³-hybridized carbons (Fsp3) is 0.300. The predicted molar refractivity (Wildman–Crippen MR) is 112 cm³/mol. The van der Waals surface area contributed by atoms with E-state index < -0.39 is 10.8 Å². The standard InChI is InChI=1S/C20H21N3O6S/c1-4-29-10-9-22-15-7-6-14(23(25)26)12-18(15)30-20(22)21-19(24)13-5-8-16(27-2)17(11-13)28-3/h5-8,11-12H,4,9-10H2,1-3H3. The molecule has 10 heteroatoms. The minimum Gasteiger partial charge on any atom is -0.493 e. The molecule has 1 aromatic heterocycles. The van der Waals surface area contributed by atoms with Crippen molar-refractivity contribution in [2.45, 2.75) is 13.5 Å². The number of fused-ring (bicyclic) bond motifs is 1. The number of nitro groups is 1. The molecule has 2 aromatic carbocycles. The van der Waals surface area contributed by atoms with Crippen molar-refractivity contribution >= 4 is 33.1 Å². The maximum absolute atomic E-state index is 12.8. The number of methoxy groups -OCH3 is 2. The maximum atomic E-state index is 12.8. The molecule has 30 heavy (non-hydrogen) atoms. The zero-order valence-corrected chi connectivity index (χ0v) is 17.6. The molecule has 0 atom stereocenters. The Bertz CT molecular complexity index is 1150. The van der Waals surface area contributed by atoms with E-state index in [-0.39, 0.29) is 5.69 Å². The molecular weight excluding hydrogens is 410 g/mol. The summed E-state index contributed by atoms with van der Waals surface area (Å²) in [6.07, 6.45) is 0. The Labute approximate surface area is 176 Å². The third-order valence-corrected chi connectivity index (χ3v) is 5.41. The van der Waals surface area contributed by atoms with Gasteiger partial charge in [0.2, 0.25) is 0 Å². The lowest BCUT2D eigenvalue weighted by Gasteiger charge is -2.08. The number of nitrogens with zero attached hydrogens (tertiary/aromatic N) is 3. The first-order chi connectivity index (χ1) is 14.5. The molecule has 3 rings (SSSR count). The first kappa shape index (κ1) is 21.5. The van der Waals surface area contributed by atoms with E-state index in [2.05, 4.69) is 4.99 Å². The zero-order chi connectivity index (χ0) is 21.7. The molecular formula is C20H21N3O6S. The average Bonchev–Trinajstić information content (AvgIpc) is 3.09. The van der Waals surface area contributed by atoms with Gasteiger partial charge in [0, 0.05) is 30.8 Å². The van der Waals surface area contributed by atoms with Crippen LogP contribution in [-0.2, 0) is 11.3 Å². The predicted octanol–water partition coefficient (Wildman–Crippen LogP) is 3.41. The second-order valence-corrected chi connectivity index (χ2v) is 7.14. The Hall–Kier alpha value is -3.24. The van der Waals surface area contributed by atoms with Gasteiger partial charge in [-0.3, -0.25) is 14.9 Å². The molecule has 0 fully saturated rings.